The Morgan fingerprint density at radius 2 is 2.00 bits per heavy atom. The van der Waals surface area contributed by atoms with Crippen molar-refractivity contribution in [1.82, 2.24) is 5.32 Å². The van der Waals surface area contributed by atoms with E-state index in [-0.39, 0.29) is 18.0 Å². The van der Waals surface area contributed by atoms with E-state index in [1.165, 1.54) is 18.2 Å². The van der Waals surface area contributed by atoms with Crippen LogP contribution in [-0.4, -0.2) is 25.2 Å². The zero-order valence-corrected chi connectivity index (χ0v) is 10.6. The molecule has 1 N–H and O–H groups in total. The maximum Gasteiger partial charge on any atom is 0.408 e. The average Bonchev–Trinajstić information content (AvgIpc) is 2.33. The predicted molar refractivity (Wildman–Crippen MR) is 62.5 cm³/mol. The van der Waals surface area contributed by atoms with E-state index >= 15 is 0 Å². The lowest BCUT2D eigenvalue weighted by Gasteiger charge is -2.32. The Labute approximate surface area is 117 Å². The quantitative estimate of drug-likeness (QED) is 0.872. The second kappa shape index (κ2) is 6.17. The Morgan fingerprint density at radius 1 is 1.35 bits per heavy atom. The standard InChI is InChI=1S/C11H9F4NO3.ClH/c12-9(13)19-7-4-2-1-3-6(7)8-11(14,15)5-18-10(17)16-8;/h1-4,8-9H,5H2,(H,16,17);1H/t8-;/m1./s1. The van der Waals surface area contributed by atoms with Crippen LogP contribution in [0.4, 0.5) is 22.4 Å². The molecule has 1 fully saturated rings. The molecule has 1 aliphatic heterocycles. The molecule has 4 nitrogen and oxygen atoms in total. The molecule has 1 aliphatic rings. The lowest BCUT2D eigenvalue weighted by molar-refractivity contribution is -0.106. The molecule has 0 radical (unpaired) electrons. The molecule has 0 spiro atoms. The Kier molecular flexibility index (Phi) is 5.04. The number of carbonyl (C=O) groups excluding carboxylic acids is 1. The first-order valence-electron chi connectivity index (χ1n) is 5.25. The fraction of sp³-hybridized carbons (Fsp3) is 0.364. The molecule has 1 heterocycles. The highest BCUT2D eigenvalue weighted by Crippen LogP contribution is 2.38. The van der Waals surface area contributed by atoms with Crippen LogP contribution in [0.1, 0.15) is 11.6 Å². The first kappa shape index (κ1) is 16.4. The maximum atomic E-state index is 13.7. The van der Waals surface area contributed by atoms with E-state index in [1.807, 2.05) is 5.32 Å². The zero-order valence-electron chi connectivity index (χ0n) is 9.82. The van der Waals surface area contributed by atoms with E-state index in [0.717, 1.165) is 6.07 Å². The van der Waals surface area contributed by atoms with Gasteiger partial charge < -0.3 is 14.8 Å². The number of alkyl halides is 4. The van der Waals surface area contributed by atoms with Crippen LogP contribution in [-0.2, 0) is 4.74 Å². The number of cyclic esters (lactones) is 1. The van der Waals surface area contributed by atoms with Gasteiger partial charge in [-0.3, -0.25) is 0 Å². The van der Waals surface area contributed by atoms with Crippen molar-refractivity contribution >= 4 is 18.5 Å². The summed E-state index contributed by atoms with van der Waals surface area (Å²) in [7, 11) is 0. The number of hydrogen-bond donors (Lipinski definition) is 1. The molecular formula is C11H10ClF4NO3. The van der Waals surface area contributed by atoms with Gasteiger partial charge in [0.05, 0.1) is 0 Å². The molecule has 1 saturated heterocycles. The van der Waals surface area contributed by atoms with Gasteiger partial charge in [0, 0.05) is 5.56 Å². The zero-order chi connectivity index (χ0) is 14.0. The van der Waals surface area contributed by atoms with Crippen LogP contribution in [0.15, 0.2) is 24.3 Å². The summed E-state index contributed by atoms with van der Waals surface area (Å²) in [6, 6.07) is 3.27. The lowest BCUT2D eigenvalue weighted by atomic mass is 9.99. The summed E-state index contributed by atoms with van der Waals surface area (Å²) < 4.78 is 60.1. The number of para-hydroxylation sites is 1. The summed E-state index contributed by atoms with van der Waals surface area (Å²) in [6.45, 7) is -4.27. The van der Waals surface area contributed by atoms with Crippen LogP contribution < -0.4 is 10.1 Å². The normalized spacial score (nSPS) is 20.6. The maximum absolute atomic E-state index is 13.7. The summed E-state index contributed by atoms with van der Waals surface area (Å²) in [5.41, 5.74) is -0.232. The van der Waals surface area contributed by atoms with Gasteiger partial charge in [-0.1, -0.05) is 18.2 Å². The van der Waals surface area contributed by atoms with Crippen molar-refractivity contribution in [2.45, 2.75) is 18.6 Å². The van der Waals surface area contributed by atoms with Crippen LogP contribution in [0.25, 0.3) is 0 Å². The SMILES string of the molecule is Cl.O=C1N[C@H](c2ccccc2OC(F)F)C(F)(F)CO1. The molecule has 0 bridgehead atoms. The molecular weight excluding hydrogens is 306 g/mol. The third kappa shape index (κ3) is 3.44. The van der Waals surface area contributed by atoms with Crippen LogP contribution in [0.5, 0.6) is 5.75 Å². The second-order valence-electron chi connectivity index (χ2n) is 3.83. The van der Waals surface area contributed by atoms with Crippen LogP contribution in [0, 0.1) is 0 Å². The third-order valence-electron chi connectivity index (χ3n) is 2.53. The topological polar surface area (TPSA) is 47.6 Å². The van der Waals surface area contributed by atoms with Gasteiger partial charge in [0.2, 0.25) is 0 Å². The average molecular weight is 316 g/mol. The number of benzene rings is 1. The van der Waals surface area contributed by atoms with Gasteiger partial charge in [-0.2, -0.15) is 8.78 Å². The molecule has 1 amide bonds. The summed E-state index contributed by atoms with van der Waals surface area (Å²) >= 11 is 0. The Hall–Kier alpha value is -1.70. The summed E-state index contributed by atoms with van der Waals surface area (Å²) in [6.07, 6.45) is -1.04. The third-order valence-corrected chi connectivity index (χ3v) is 2.53. The number of ether oxygens (including phenoxy) is 2. The van der Waals surface area contributed by atoms with Gasteiger partial charge in [0.15, 0.2) is 6.61 Å². The van der Waals surface area contributed by atoms with E-state index in [9.17, 15) is 22.4 Å². The van der Waals surface area contributed by atoms with Crippen LogP contribution in [0.3, 0.4) is 0 Å². The Balaban J connectivity index is 0.00000200. The van der Waals surface area contributed by atoms with Gasteiger partial charge in [-0.05, 0) is 6.07 Å². The largest absolute Gasteiger partial charge is 0.443 e. The van der Waals surface area contributed by atoms with Crippen LogP contribution in [0.2, 0.25) is 0 Å². The van der Waals surface area contributed by atoms with Gasteiger partial charge in [0.25, 0.3) is 0 Å². The lowest BCUT2D eigenvalue weighted by Crippen LogP contribution is -2.49. The molecule has 0 unspecified atom stereocenters. The molecule has 1 aromatic carbocycles. The first-order valence-corrected chi connectivity index (χ1v) is 5.25. The van der Waals surface area contributed by atoms with E-state index in [4.69, 9.17) is 0 Å². The van der Waals surface area contributed by atoms with E-state index < -0.39 is 37.0 Å². The molecule has 2 rings (SSSR count). The minimum absolute atomic E-state index is 0. The minimum Gasteiger partial charge on any atom is -0.443 e. The molecule has 0 saturated carbocycles. The van der Waals surface area contributed by atoms with Crippen molar-refractivity contribution in [3.05, 3.63) is 29.8 Å². The van der Waals surface area contributed by atoms with Gasteiger partial charge in [-0.15, -0.1) is 12.4 Å². The fourth-order valence-corrected chi connectivity index (χ4v) is 1.74. The number of rotatable bonds is 3. The summed E-state index contributed by atoms with van der Waals surface area (Å²) in [5.74, 6) is -3.83. The van der Waals surface area contributed by atoms with Gasteiger partial charge in [0.1, 0.15) is 11.8 Å². The summed E-state index contributed by atoms with van der Waals surface area (Å²) in [4.78, 5) is 11.0. The van der Waals surface area contributed by atoms with Crippen molar-refractivity contribution in [2.75, 3.05) is 6.61 Å². The van der Waals surface area contributed by atoms with Crippen molar-refractivity contribution < 1.29 is 31.8 Å². The Bertz CT molecular complexity index is 486. The fourth-order valence-electron chi connectivity index (χ4n) is 1.74. The number of hydrogen-bond acceptors (Lipinski definition) is 3. The number of amides is 1. The molecule has 1 atom stereocenters. The van der Waals surface area contributed by atoms with Gasteiger partial charge >= 0.3 is 18.6 Å². The molecule has 0 aromatic heterocycles. The van der Waals surface area contributed by atoms with E-state index in [0.29, 0.717) is 0 Å². The number of nitrogens with one attached hydrogen (secondary N) is 1. The smallest absolute Gasteiger partial charge is 0.408 e. The predicted octanol–water partition coefficient (Wildman–Crippen LogP) is 3.13. The highest BCUT2D eigenvalue weighted by molar-refractivity contribution is 5.85. The molecule has 9 heteroatoms. The monoisotopic (exact) mass is 315 g/mol. The molecule has 0 aliphatic carbocycles. The minimum atomic E-state index is -3.42. The second-order valence-corrected chi connectivity index (χ2v) is 3.83. The number of alkyl carbamates (subject to hydrolysis) is 1. The van der Waals surface area contributed by atoms with Crippen LogP contribution >= 0.6 is 12.4 Å². The molecule has 1 aromatic rings. The molecule has 112 valence electrons. The van der Waals surface area contributed by atoms with Gasteiger partial charge in [-0.25, -0.2) is 13.6 Å². The summed E-state index contributed by atoms with van der Waals surface area (Å²) in [5, 5.41) is 1.90. The Morgan fingerprint density at radius 3 is 2.65 bits per heavy atom. The van der Waals surface area contributed by atoms with Crippen molar-refractivity contribution in [3.63, 3.8) is 0 Å². The highest BCUT2D eigenvalue weighted by Gasteiger charge is 2.48. The van der Waals surface area contributed by atoms with Crippen molar-refractivity contribution in [1.29, 1.82) is 0 Å². The van der Waals surface area contributed by atoms with E-state index in [2.05, 4.69) is 9.47 Å². The first-order chi connectivity index (χ1) is 8.90. The molecule has 20 heavy (non-hydrogen) atoms. The number of carbonyl (C=O) groups is 1. The number of halogens is 5. The van der Waals surface area contributed by atoms with E-state index in [1.54, 1.807) is 0 Å². The van der Waals surface area contributed by atoms with Crippen molar-refractivity contribution in [3.8, 4) is 5.75 Å². The highest BCUT2D eigenvalue weighted by atomic mass is 35.5. The van der Waals surface area contributed by atoms with Crippen molar-refractivity contribution in [2.24, 2.45) is 0 Å².